The van der Waals surface area contributed by atoms with Crippen molar-refractivity contribution in [2.24, 2.45) is 23.7 Å². The van der Waals surface area contributed by atoms with E-state index in [0.29, 0.717) is 0 Å². The minimum Gasteiger partial charge on any atom is -0.454 e. The van der Waals surface area contributed by atoms with Crippen LogP contribution in [0.5, 0.6) is 0 Å². The maximum Gasteiger partial charge on any atom is 0.326 e. The number of carbonyl (C=O) groups is 5. The lowest BCUT2D eigenvalue weighted by atomic mass is 9.81. The van der Waals surface area contributed by atoms with Crippen molar-refractivity contribution in [1.82, 2.24) is 15.8 Å². The number of imide groups is 1. The number of benzene rings is 1. The number of fused-ring (bicyclic) bond motifs is 5. The molecule has 0 spiro atoms. The topological polar surface area (TPSA) is 122 Å². The van der Waals surface area contributed by atoms with Crippen molar-refractivity contribution in [2.45, 2.75) is 16.1 Å². The van der Waals surface area contributed by atoms with Gasteiger partial charge >= 0.3 is 5.97 Å². The predicted molar refractivity (Wildman–Crippen MR) is 119 cm³/mol. The number of nitrogens with zero attached hydrogens (tertiary/aromatic N) is 1. The van der Waals surface area contributed by atoms with Crippen LogP contribution in [0.15, 0.2) is 24.3 Å². The molecule has 170 valence electrons. The highest BCUT2D eigenvalue weighted by Crippen LogP contribution is 2.60. The van der Waals surface area contributed by atoms with E-state index in [2.05, 4.69) is 42.7 Å². The number of alkyl halides is 2. The number of halogens is 3. The van der Waals surface area contributed by atoms with Gasteiger partial charge < -0.3 is 4.74 Å². The molecule has 0 radical (unpaired) electrons. The Bertz CT molecular complexity index is 975. The van der Waals surface area contributed by atoms with Gasteiger partial charge in [-0.1, -0.05) is 55.6 Å². The summed E-state index contributed by atoms with van der Waals surface area (Å²) in [6, 6.07) is 6.27. The molecule has 1 aromatic rings. The second-order valence-electron chi connectivity index (χ2n) is 7.91. The predicted octanol–water partition coefficient (Wildman–Crippen LogP) is 1.42. The number of nitrogens with one attached hydrogen (secondary N) is 2. The maximum absolute atomic E-state index is 12.8. The van der Waals surface area contributed by atoms with Crippen LogP contribution < -0.4 is 10.9 Å². The molecule has 0 unspecified atom stereocenters. The first-order valence-corrected chi connectivity index (χ1v) is 12.0. The van der Waals surface area contributed by atoms with E-state index in [0.717, 1.165) is 11.3 Å². The van der Waals surface area contributed by atoms with Crippen molar-refractivity contribution in [3.05, 3.63) is 34.9 Å². The fourth-order valence-corrected chi connectivity index (χ4v) is 6.86. The van der Waals surface area contributed by atoms with Gasteiger partial charge in [0.05, 0.1) is 22.4 Å². The summed E-state index contributed by atoms with van der Waals surface area (Å²) in [5.41, 5.74) is 4.43. The molecule has 0 aromatic heterocycles. The highest BCUT2D eigenvalue weighted by atomic mass is 79.9. The molecule has 4 amide bonds. The van der Waals surface area contributed by atoms with Crippen molar-refractivity contribution in [1.29, 1.82) is 0 Å². The standard InChI is InChI=1S/C20H18Br2ClN3O6/c21-16-9-5-10(17(16)22)15-14(9)19(30)26(20(15)31)6-13(28)32-7-12(27)24-25-18(29)8-3-1-2-4-11(8)23/h1-4,9-10,14-17H,5-7H2,(H,24,27)(H,25,29)/t9-,10-,14-,15+,16-,17+/m1/s1. The van der Waals surface area contributed by atoms with Crippen LogP contribution in [0, 0.1) is 23.7 Å². The maximum atomic E-state index is 12.8. The van der Waals surface area contributed by atoms with Crippen LogP contribution in [0.3, 0.4) is 0 Å². The van der Waals surface area contributed by atoms with Gasteiger partial charge in [0.1, 0.15) is 6.54 Å². The monoisotopic (exact) mass is 589 g/mol. The number of hydrogen-bond donors (Lipinski definition) is 2. The number of rotatable bonds is 5. The fraction of sp³-hybridized carbons (Fsp3) is 0.450. The molecule has 4 rings (SSSR count). The number of hydrazine groups is 1. The average molecular weight is 592 g/mol. The van der Waals surface area contributed by atoms with Crippen molar-refractivity contribution < 1.29 is 28.7 Å². The summed E-state index contributed by atoms with van der Waals surface area (Å²) in [6.07, 6.45) is 0.789. The minimum atomic E-state index is -0.891. The van der Waals surface area contributed by atoms with E-state index in [1.165, 1.54) is 12.1 Å². The third kappa shape index (κ3) is 4.06. The summed E-state index contributed by atoms with van der Waals surface area (Å²) < 4.78 is 4.86. The van der Waals surface area contributed by atoms with Gasteiger partial charge in [-0.3, -0.25) is 39.7 Å². The van der Waals surface area contributed by atoms with E-state index in [4.69, 9.17) is 16.3 Å². The summed E-state index contributed by atoms with van der Waals surface area (Å²) in [4.78, 5) is 62.7. The van der Waals surface area contributed by atoms with Crippen molar-refractivity contribution in [3.8, 4) is 0 Å². The van der Waals surface area contributed by atoms with E-state index in [1.807, 2.05) is 0 Å². The molecule has 32 heavy (non-hydrogen) atoms. The molecule has 3 aliphatic rings. The van der Waals surface area contributed by atoms with Gasteiger partial charge in [0.25, 0.3) is 11.8 Å². The molecular formula is C20H18Br2ClN3O6. The van der Waals surface area contributed by atoms with Crippen LogP contribution >= 0.6 is 43.5 Å². The molecule has 1 aliphatic heterocycles. The molecule has 2 saturated carbocycles. The summed E-state index contributed by atoms with van der Waals surface area (Å²) >= 11 is 13.1. The first-order chi connectivity index (χ1) is 15.2. The van der Waals surface area contributed by atoms with E-state index in [-0.39, 0.29) is 43.9 Å². The highest BCUT2D eigenvalue weighted by molar-refractivity contribution is 9.12. The lowest BCUT2D eigenvalue weighted by Crippen LogP contribution is -2.44. The third-order valence-electron chi connectivity index (χ3n) is 6.16. The first kappa shape index (κ1) is 23.2. The second kappa shape index (κ2) is 9.11. The van der Waals surface area contributed by atoms with Gasteiger partial charge in [0.15, 0.2) is 6.61 Å². The van der Waals surface area contributed by atoms with Crippen LogP contribution in [0.4, 0.5) is 0 Å². The number of hydrogen-bond acceptors (Lipinski definition) is 6. The largest absolute Gasteiger partial charge is 0.454 e. The summed E-state index contributed by atoms with van der Waals surface area (Å²) in [5.74, 6) is -3.84. The summed E-state index contributed by atoms with van der Waals surface area (Å²) in [5, 5.41) is 0.210. The van der Waals surface area contributed by atoms with Crippen molar-refractivity contribution in [2.75, 3.05) is 13.2 Å². The zero-order chi connectivity index (χ0) is 23.2. The first-order valence-electron chi connectivity index (χ1n) is 9.83. The zero-order valence-corrected chi connectivity index (χ0v) is 20.4. The molecule has 9 nitrogen and oxygen atoms in total. The van der Waals surface area contributed by atoms with Crippen LogP contribution in [-0.4, -0.2) is 57.3 Å². The molecule has 1 aromatic carbocycles. The Labute approximate surface area is 204 Å². The number of ether oxygens (including phenoxy) is 1. The lowest BCUT2D eigenvalue weighted by molar-refractivity contribution is -0.155. The van der Waals surface area contributed by atoms with Gasteiger partial charge in [-0.05, 0) is 30.4 Å². The quantitative estimate of drug-likeness (QED) is 0.231. The number of amides is 4. The molecule has 2 N–H and O–H groups in total. The van der Waals surface area contributed by atoms with Crippen LogP contribution in [0.1, 0.15) is 16.8 Å². The van der Waals surface area contributed by atoms with Gasteiger partial charge in [-0.25, -0.2) is 0 Å². The van der Waals surface area contributed by atoms with Gasteiger partial charge in [0, 0.05) is 9.65 Å². The normalized spacial score (nSPS) is 30.3. The molecule has 6 atom stereocenters. The lowest BCUT2D eigenvalue weighted by Gasteiger charge is -2.28. The minimum absolute atomic E-state index is 0.0411. The number of likely N-dealkylation sites (tertiary alicyclic amines) is 1. The Hall–Kier alpha value is -1.98. The van der Waals surface area contributed by atoms with Gasteiger partial charge in [-0.2, -0.15) is 0 Å². The molecule has 1 heterocycles. The Morgan fingerprint density at radius 3 is 2.22 bits per heavy atom. The smallest absolute Gasteiger partial charge is 0.326 e. The second-order valence-corrected chi connectivity index (χ2v) is 10.4. The summed E-state index contributed by atoms with van der Waals surface area (Å²) in [6.45, 7) is -1.24. The molecule has 2 bridgehead atoms. The van der Waals surface area contributed by atoms with E-state index < -0.39 is 42.8 Å². The van der Waals surface area contributed by atoms with Gasteiger partial charge in [-0.15, -0.1) is 0 Å². The molecule has 2 aliphatic carbocycles. The van der Waals surface area contributed by atoms with Crippen LogP contribution in [0.25, 0.3) is 0 Å². The molecule has 3 fully saturated rings. The number of carbonyl (C=O) groups excluding carboxylic acids is 5. The Morgan fingerprint density at radius 2 is 1.62 bits per heavy atom. The number of esters is 1. The van der Waals surface area contributed by atoms with Crippen LogP contribution in [-0.2, 0) is 23.9 Å². The molecule has 12 heteroatoms. The Kier molecular flexibility index (Phi) is 6.60. The van der Waals surface area contributed by atoms with E-state index in [1.54, 1.807) is 12.1 Å². The zero-order valence-electron chi connectivity index (χ0n) is 16.4. The SMILES string of the molecule is O=C(COC(=O)CN1C(=O)[C@@H]2[C@H]3C[C@@H]([C@H](Br)[C@@H]3Br)[C@@H]2C1=O)NNC(=O)c1ccccc1Cl. The Balaban J connectivity index is 1.25. The van der Waals surface area contributed by atoms with Crippen LogP contribution in [0.2, 0.25) is 5.02 Å². The average Bonchev–Trinajstić information content (AvgIpc) is 3.37. The van der Waals surface area contributed by atoms with Crippen molar-refractivity contribution in [3.63, 3.8) is 0 Å². The van der Waals surface area contributed by atoms with Crippen molar-refractivity contribution >= 4 is 73.1 Å². The highest BCUT2D eigenvalue weighted by Gasteiger charge is 2.66. The molecule has 1 saturated heterocycles. The summed E-state index contributed by atoms with van der Waals surface area (Å²) in [7, 11) is 0. The van der Waals surface area contributed by atoms with E-state index >= 15 is 0 Å². The Morgan fingerprint density at radius 1 is 1.03 bits per heavy atom. The molecular weight excluding hydrogens is 573 g/mol. The third-order valence-corrected chi connectivity index (χ3v) is 9.70. The fourth-order valence-electron chi connectivity index (χ4n) is 4.76. The van der Waals surface area contributed by atoms with Gasteiger partial charge in [0.2, 0.25) is 11.8 Å². The van der Waals surface area contributed by atoms with E-state index in [9.17, 15) is 24.0 Å².